The number of rotatable bonds is 5. The third-order valence-corrected chi connectivity index (χ3v) is 1.74. The van der Waals surface area contributed by atoms with E-state index < -0.39 is 17.4 Å². The van der Waals surface area contributed by atoms with Crippen LogP contribution in [-0.2, 0) is 9.59 Å². The molecule has 0 atom stereocenters. The van der Waals surface area contributed by atoms with Gasteiger partial charge in [0.2, 0.25) is 0 Å². The Kier molecular flexibility index (Phi) is 5.66. The summed E-state index contributed by atoms with van der Waals surface area (Å²) in [4.78, 5) is 25.8. The van der Waals surface area contributed by atoms with Gasteiger partial charge in [0, 0.05) is 19.0 Å². The second kappa shape index (κ2) is 6.47. The summed E-state index contributed by atoms with van der Waals surface area (Å²) in [5, 5.41) is 11.8. The molecule has 6 heteroatoms. The average molecular weight is 239 g/mol. The second-order valence-electron chi connectivity index (χ2n) is 3.67. The molecule has 1 amide bonds. The molecule has 0 unspecified atom stereocenters. The second-order valence-corrected chi connectivity index (χ2v) is 3.67. The van der Waals surface area contributed by atoms with Crippen LogP contribution in [-0.4, -0.2) is 29.6 Å². The van der Waals surface area contributed by atoms with Gasteiger partial charge >= 0.3 is 0 Å². The first-order valence-corrected chi connectivity index (χ1v) is 4.98. The fourth-order valence-electron chi connectivity index (χ4n) is 0.896. The van der Waals surface area contributed by atoms with Crippen molar-refractivity contribution < 1.29 is 14.7 Å². The number of nitrogens with zero attached hydrogens (tertiary/aromatic N) is 1. The highest BCUT2D eigenvalue weighted by Gasteiger charge is 2.12. The number of nitrogens with two attached hydrogens (primary N) is 1. The van der Waals surface area contributed by atoms with Crippen molar-refractivity contribution in [3.05, 3.63) is 23.2 Å². The van der Waals surface area contributed by atoms with Crippen LogP contribution in [0, 0.1) is 0 Å². The molecule has 0 rings (SSSR count). The lowest BCUT2D eigenvalue weighted by atomic mass is 10.2. The smallest absolute Gasteiger partial charge is 0.269 e. The summed E-state index contributed by atoms with van der Waals surface area (Å²) >= 11 is 0. The van der Waals surface area contributed by atoms with Gasteiger partial charge in [0.05, 0.1) is 5.70 Å². The van der Waals surface area contributed by atoms with Crippen LogP contribution in [0.25, 0.3) is 0 Å². The van der Waals surface area contributed by atoms with Gasteiger partial charge < -0.3 is 16.2 Å². The van der Waals surface area contributed by atoms with Gasteiger partial charge in [0.1, 0.15) is 5.70 Å². The minimum atomic E-state index is -0.553. The number of aliphatic hydroxyl groups excluding tert-OH is 1. The number of hydrogen-bond acceptors (Lipinski definition) is 5. The highest BCUT2D eigenvalue weighted by atomic mass is 16.3. The molecule has 0 heterocycles. The van der Waals surface area contributed by atoms with Crippen LogP contribution in [0.4, 0.5) is 0 Å². The number of allylic oxidation sites excluding steroid dienone is 2. The zero-order valence-electron chi connectivity index (χ0n) is 10.2. The van der Waals surface area contributed by atoms with Crippen molar-refractivity contribution in [3.63, 3.8) is 0 Å². The third-order valence-electron chi connectivity index (χ3n) is 1.74. The largest absolute Gasteiger partial charge is 0.504 e. The van der Waals surface area contributed by atoms with Crippen LogP contribution in [0.1, 0.15) is 20.8 Å². The zero-order chi connectivity index (χ0) is 13.6. The summed E-state index contributed by atoms with van der Waals surface area (Å²) < 4.78 is 0. The number of hydrogen-bond donors (Lipinski definition) is 3. The lowest BCUT2D eigenvalue weighted by Crippen LogP contribution is -2.34. The SMILES string of the molecule is C=NC(C=C(O)C(C)=O)=C(N)C(=O)NC(C)C. The first kappa shape index (κ1) is 14.9. The Morgan fingerprint density at radius 3 is 2.35 bits per heavy atom. The molecule has 0 aromatic rings. The molecular formula is C11H17N3O3. The Hall–Kier alpha value is -2.11. The van der Waals surface area contributed by atoms with Crippen molar-refractivity contribution in [3.8, 4) is 0 Å². The number of aliphatic imine (C=N–C) groups is 1. The maximum atomic E-state index is 11.5. The molecule has 4 N–H and O–H groups in total. The van der Waals surface area contributed by atoms with Crippen LogP contribution < -0.4 is 11.1 Å². The van der Waals surface area contributed by atoms with Crippen LogP contribution in [0.3, 0.4) is 0 Å². The Labute approximate surface area is 99.9 Å². The topological polar surface area (TPSA) is 105 Å². The van der Waals surface area contributed by atoms with Crippen LogP contribution in [0.5, 0.6) is 0 Å². The summed E-state index contributed by atoms with van der Waals surface area (Å²) in [6.07, 6.45) is 1.00. The minimum Gasteiger partial charge on any atom is -0.504 e. The van der Waals surface area contributed by atoms with Crippen molar-refractivity contribution >= 4 is 18.4 Å². The number of carbonyl (C=O) groups excluding carboxylic acids is 2. The molecular weight excluding hydrogens is 222 g/mol. The Bertz CT molecular complexity index is 395. The lowest BCUT2D eigenvalue weighted by Gasteiger charge is -2.09. The summed E-state index contributed by atoms with van der Waals surface area (Å²) in [6, 6.07) is -0.0856. The van der Waals surface area contributed by atoms with Crippen LogP contribution in [0.2, 0.25) is 0 Å². The van der Waals surface area contributed by atoms with E-state index in [1.807, 2.05) is 0 Å². The predicted molar refractivity (Wildman–Crippen MR) is 65.4 cm³/mol. The predicted octanol–water partition coefficient (Wildman–Crippen LogP) is 0.413. The lowest BCUT2D eigenvalue weighted by molar-refractivity contribution is -0.118. The summed E-state index contributed by atoms with van der Waals surface area (Å²) in [5.74, 6) is -1.62. The summed E-state index contributed by atoms with van der Waals surface area (Å²) in [7, 11) is 0. The number of Topliss-reactive ketones (excluding diaryl/α,β-unsaturated/α-hetero) is 1. The maximum absolute atomic E-state index is 11.5. The van der Waals surface area contributed by atoms with E-state index in [0.29, 0.717) is 0 Å². The fourth-order valence-corrected chi connectivity index (χ4v) is 0.896. The third kappa shape index (κ3) is 4.96. The summed E-state index contributed by atoms with van der Waals surface area (Å²) in [5.41, 5.74) is 5.28. The van der Waals surface area contributed by atoms with E-state index in [0.717, 1.165) is 6.08 Å². The average Bonchev–Trinajstić information content (AvgIpc) is 2.23. The molecule has 17 heavy (non-hydrogen) atoms. The molecule has 0 aromatic heterocycles. The van der Waals surface area contributed by atoms with Crippen molar-refractivity contribution in [2.24, 2.45) is 10.7 Å². The summed E-state index contributed by atoms with van der Waals surface area (Å²) in [6.45, 7) is 7.94. The molecule has 0 radical (unpaired) electrons. The molecule has 0 fully saturated rings. The van der Waals surface area contributed by atoms with Gasteiger partial charge in [-0.05, 0) is 20.6 Å². The zero-order valence-corrected chi connectivity index (χ0v) is 10.2. The van der Waals surface area contributed by atoms with Crippen LogP contribution in [0.15, 0.2) is 28.2 Å². The molecule has 94 valence electrons. The van der Waals surface area contributed by atoms with Gasteiger partial charge in [-0.15, -0.1) is 0 Å². The van der Waals surface area contributed by atoms with Gasteiger partial charge in [-0.3, -0.25) is 14.6 Å². The monoisotopic (exact) mass is 239 g/mol. The first-order valence-electron chi connectivity index (χ1n) is 4.98. The van der Waals surface area contributed by atoms with E-state index in [2.05, 4.69) is 17.0 Å². The van der Waals surface area contributed by atoms with Gasteiger partial charge in [-0.25, -0.2) is 0 Å². The van der Waals surface area contributed by atoms with E-state index in [9.17, 15) is 14.7 Å². The van der Waals surface area contributed by atoms with E-state index in [-0.39, 0.29) is 17.4 Å². The van der Waals surface area contributed by atoms with E-state index in [1.165, 1.54) is 6.92 Å². The normalized spacial score (nSPS) is 13.1. The van der Waals surface area contributed by atoms with Gasteiger partial charge in [0.15, 0.2) is 11.5 Å². The standard InChI is InChI=1S/C11H17N3O3/c1-6(2)14-11(17)10(12)8(13-4)5-9(16)7(3)15/h5-6,16H,4,12H2,1-3H3,(H,14,17). The molecule has 0 aliphatic carbocycles. The van der Waals surface area contributed by atoms with Gasteiger partial charge in [-0.2, -0.15) is 0 Å². The Morgan fingerprint density at radius 1 is 1.47 bits per heavy atom. The number of nitrogens with one attached hydrogen (secondary N) is 1. The van der Waals surface area contributed by atoms with Crippen molar-refractivity contribution in [1.29, 1.82) is 0 Å². The number of carbonyl (C=O) groups is 2. The fraction of sp³-hybridized carbons (Fsp3) is 0.364. The maximum Gasteiger partial charge on any atom is 0.269 e. The van der Waals surface area contributed by atoms with Crippen molar-refractivity contribution in [2.45, 2.75) is 26.8 Å². The molecule has 0 saturated carbocycles. The molecule has 0 spiro atoms. The molecule has 0 bridgehead atoms. The number of aliphatic hydroxyl groups is 1. The first-order chi connectivity index (χ1) is 7.79. The molecule has 0 saturated heterocycles. The number of ketones is 1. The molecule has 0 aliphatic rings. The van der Waals surface area contributed by atoms with E-state index in [1.54, 1.807) is 13.8 Å². The quantitative estimate of drug-likeness (QED) is 0.280. The van der Waals surface area contributed by atoms with E-state index in [4.69, 9.17) is 5.73 Å². The molecule has 0 aliphatic heterocycles. The molecule has 6 nitrogen and oxygen atoms in total. The van der Waals surface area contributed by atoms with Crippen molar-refractivity contribution in [1.82, 2.24) is 5.32 Å². The van der Waals surface area contributed by atoms with Gasteiger partial charge in [-0.1, -0.05) is 0 Å². The highest BCUT2D eigenvalue weighted by molar-refractivity contribution is 5.95. The number of amides is 1. The Morgan fingerprint density at radius 2 is 2.00 bits per heavy atom. The minimum absolute atomic E-state index is 0.0455. The Balaban J connectivity index is 5.20. The highest BCUT2D eigenvalue weighted by Crippen LogP contribution is 2.06. The van der Waals surface area contributed by atoms with E-state index >= 15 is 0 Å². The van der Waals surface area contributed by atoms with Crippen LogP contribution >= 0.6 is 0 Å². The van der Waals surface area contributed by atoms with Gasteiger partial charge in [0.25, 0.3) is 5.91 Å². The molecule has 0 aromatic carbocycles. The van der Waals surface area contributed by atoms with Crippen molar-refractivity contribution in [2.75, 3.05) is 0 Å².